The Balaban J connectivity index is 3.66. The van der Waals surface area contributed by atoms with Crippen LogP contribution < -0.4 is 0 Å². The van der Waals surface area contributed by atoms with Crippen LogP contribution in [0.15, 0.2) is 11.8 Å². The van der Waals surface area contributed by atoms with Crippen LogP contribution in [0.2, 0.25) is 0 Å². The van der Waals surface area contributed by atoms with E-state index in [1.807, 2.05) is 13.8 Å². The quantitative estimate of drug-likeness (QED) is 0.326. The van der Waals surface area contributed by atoms with Gasteiger partial charge in [0.05, 0.1) is 12.4 Å². The number of carbonyl (C=O) groups excluding carboxylic acids is 1. The minimum atomic E-state index is 0.632. The van der Waals surface area contributed by atoms with Gasteiger partial charge >= 0.3 is 0 Å². The normalized spacial score (nSPS) is 11.1. The second kappa shape index (κ2) is 5.35. The highest BCUT2D eigenvalue weighted by atomic mass is 16.5. The first-order valence-electron chi connectivity index (χ1n) is 3.12. The molecule has 9 heavy (non-hydrogen) atoms. The third-order valence-electron chi connectivity index (χ3n) is 0.932. The number of rotatable bonds is 4. The van der Waals surface area contributed by atoms with Crippen LogP contribution in [0.4, 0.5) is 0 Å². The van der Waals surface area contributed by atoms with Crippen molar-refractivity contribution < 1.29 is 9.53 Å². The second-order valence-corrected chi connectivity index (χ2v) is 1.56. The van der Waals surface area contributed by atoms with Gasteiger partial charge in [0.1, 0.15) is 6.29 Å². The summed E-state index contributed by atoms with van der Waals surface area (Å²) in [5.74, 6) is 0.757. The summed E-state index contributed by atoms with van der Waals surface area (Å²) >= 11 is 0. The van der Waals surface area contributed by atoms with E-state index in [4.69, 9.17) is 4.74 Å². The first kappa shape index (κ1) is 8.21. The van der Waals surface area contributed by atoms with Gasteiger partial charge in [-0.3, -0.25) is 4.79 Å². The minimum absolute atomic E-state index is 0.632. The molecule has 52 valence electrons. The molecule has 0 aliphatic carbocycles. The van der Waals surface area contributed by atoms with E-state index in [9.17, 15) is 4.79 Å². The fraction of sp³-hybridized carbons (Fsp3) is 0.571. The molecule has 2 heteroatoms. The lowest BCUT2D eigenvalue weighted by atomic mass is 10.4. The van der Waals surface area contributed by atoms with Crippen molar-refractivity contribution in [1.29, 1.82) is 0 Å². The van der Waals surface area contributed by atoms with Crippen LogP contribution in [0, 0.1) is 0 Å². The van der Waals surface area contributed by atoms with Crippen molar-refractivity contribution in [2.24, 2.45) is 0 Å². The Kier molecular flexibility index (Phi) is 4.88. The number of hydrogen-bond donors (Lipinski definition) is 0. The number of allylic oxidation sites excluding steroid dienone is 2. The Labute approximate surface area is 55.5 Å². The summed E-state index contributed by atoms with van der Waals surface area (Å²) < 4.78 is 5.06. The third-order valence-corrected chi connectivity index (χ3v) is 0.932. The van der Waals surface area contributed by atoms with Gasteiger partial charge < -0.3 is 4.74 Å². The van der Waals surface area contributed by atoms with Gasteiger partial charge in [-0.25, -0.2) is 0 Å². The minimum Gasteiger partial charge on any atom is -0.498 e. The zero-order valence-corrected chi connectivity index (χ0v) is 5.89. The molecule has 2 nitrogen and oxygen atoms in total. The molecule has 0 fully saturated rings. The summed E-state index contributed by atoms with van der Waals surface area (Å²) in [6.07, 6.45) is 2.98. The number of carbonyl (C=O) groups is 1. The Morgan fingerprint density at radius 1 is 1.56 bits per heavy atom. The van der Waals surface area contributed by atoms with Gasteiger partial charge in [0, 0.05) is 12.5 Å². The Bertz CT molecular complexity index is 105. The molecule has 0 aromatic heterocycles. The lowest BCUT2D eigenvalue weighted by molar-refractivity contribution is -0.104. The van der Waals surface area contributed by atoms with Crippen LogP contribution in [0.5, 0.6) is 0 Å². The molecule has 0 heterocycles. The highest BCUT2D eigenvalue weighted by molar-refractivity contribution is 5.65. The molecule has 0 spiro atoms. The highest BCUT2D eigenvalue weighted by Gasteiger charge is 1.88. The topological polar surface area (TPSA) is 26.3 Å². The molecule has 0 aromatic rings. The smallest absolute Gasteiger partial charge is 0.146 e. The van der Waals surface area contributed by atoms with Crippen LogP contribution in [0.25, 0.3) is 0 Å². The summed E-state index contributed by atoms with van der Waals surface area (Å²) in [7, 11) is 0. The molecule has 0 unspecified atom stereocenters. The maximum absolute atomic E-state index is 9.89. The van der Waals surface area contributed by atoms with Gasteiger partial charge in [0.2, 0.25) is 0 Å². The molecule has 0 N–H and O–H groups in total. The molecule has 0 aliphatic rings. The maximum atomic E-state index is 9.89. The van der Waals surface area contributed by atoms with Crippen LogP contribution in [-0.2, 0) is 9.53 Å². The molecule has 0 radical (unpaired) electrons. The van der Waals surface area contributed by atoms with E-state index in [-0.39, 0.29) is 0 Å². The van der Waals surface area contributed by atoms with E-state index in [1.165, 1.54) is 6.08 Å². The Morgan fingerprint density at radius 3 is 2.56 bits per heavy atom. The highest BCUT2D eigenvalue weighted by Crippen LogP contribution is 1.99. The zero-order valence-electron chi connectivity index (χ0n) is 5.89. The van der Waals surface area contributed by atoms with Crippen molar-refractivity contribution in [2.75, 3.05) is 6.61 Å². The lowest BCUT2D eigenvalue weighted by Crippen LogP contribution is -1.89. The van der Waals surface area contributed by atoms with Crippen LogP contribution in [0.1, 0.15) is 20.3 Å². The SMILES string of the molecule is CCOC(=CC=O)CC. The summed E-state index contributed by atoms with van der Waals surface area (Å²) in [4.78, 5) is 9.89. The Morgan fingerprint density at radius 2 is 2.22 bits per heavy atom. The van der Waals surface area contributed by atoms with Crippen LogP contribution >= 0.6 is 0 Å². The standard InChI is InChI=1S/C7H12O2/c1-3-7(5-6-8)9-4-2/h5-6H,3-4H2,1-2H3. The van der Waals surface area contributed by atoms with Crippen molar-refractivity contribution in [3.8, 4) is 0 Å². The van der Waals surface area contributed by atoms with Crippen molar-refractivity contribution in [3.63, 3.8) is 0 Å². The maximum Gasteiger partial charge on any atom is 0.146 e. The van der Waals surface area contributed by atoms with Crippen molar-refractivity contribution in [3.05, 3.63) is 11.8 Å². The van der Waals surface area contributed by atoms with Gasteiger partial charge in [-0.15, -0.1) is 0 Å². The van der Waals surface area contributed by atoms with Gasteiger partial charge in [-0.1, -0.05) is 6.92 Å². The van der Waals surface area contributed by atoms with E-state index in [0.29, 0.717) is 6.61 Å². The number of aldehydes is 1. The van der Waals surface area contributed by atoms with Crippen LogP contribution in [-0.4, -0.2) is 12.9 Å². The largest absolute Gasteiger partial charge is 0.498 e. The molecular weight excluding hydrogens is 116 g/mol. The second-order valence-electron chi connectivity index (χ2n) is 1.56. The summed E-state index contributed by atoms with van der Waals surface area (Å²) in [5, 5.41) is 0. The van der Waals surface area contributed by atoms with Gasteiger partial charge in [-0.2, -0.15) is 0 Å². The summed E-state index contributed by atoms with van der Waals surface area (Å²) in [6, 6.07) is 0. The van der Waals surface area contributed by atoms with E-state index in [2.05, 4.69) is 0 Å². The first-order chi connectivity index (χ1) is 4.35. The average Bonchev–Trinajstić information content (AvgIpc) is 1.88. The van der Waals surface area contributed by atoms with E-state index in [1.54, 1.807) is 0 Å². The monoisotopic (exact) mass is 128 g/mol. The summed E-state index contributed by atoms with van der Waals surface area (Å²) in [5.41, 5.74) is 0. The van der Waals surface area contributed by atoms with Crippen molar-refractivity contribution >= 4 is 6.29 Å². The molecule has 0 aromatic carbocycles. The molecule has 0 saturated carbocycles. The van der Waals surface area contributed by atoms with E-state index >= 15 is 0 Å². The Hall–Kier alpha value is -0.790. The summed E-state index contributed by atoms with van der Waals surface area (Å²) in [6.45, 7) is 4.48. The fourth-order valence-electron chi connectivity index (χ4n) is 0.529. The van der Waals surface area contributed by atoms with Crippen molar-refractivity contribution in [1.82, 2.24) is 0 Å². The van der Waals surface area contributed by atoms with E-state index < -0.39 is 0 Å². The molecule has 0 aliphatic heterocycles. The average molecular weight is 128 g/mol. The molecule has 0 rings (SSSR count). The molecule has 0 atom stereocenters. The molecule has 0 amide bonds. The van der Waals surface area contributed by atoms with Crippen molar-refractivity contribution in [2.45, 2.75) is 20.3 Å². The first-order valence-corrected chi connectivity index (χ1v) is 3.12. The molecule has 0 saturated heterocycles. The van der Waals surface area contributed by atoms with Gasteiger partial charge in [0.25, 0.3) is 0 Å². The molecule has 0 bridgehead atoms. The van der Waals surface area contributed by atoms with Gasteiger partial charge in [0.15, 0.2) is 0 Å². The van der Waals surface area contributed by atoms with Gasteiger partial charge in [-0.05, 0) is 6.92 Å². The lowest BCUT2D eigenvalue weighted by Gasteiger charge is -2.02. The molecular formula is C7H12O2. The predicted molar refractivity (Wildman–Crippen MR) is 36.1 cm³/mol. The van der Waals surface area contributed by atoms with Crippen LogP contribution in [0.3, 0.4) is 0 Å². The van der Waals surface area contributed by atoms with E-state index in [0.717, 1.165) is 18.5 Å². The third kappa shape index (κ3) is 3.76. The predicted octanol–water partition coefficient (Wildman–Crippen LogP) is 1.52. The number of hydrogen-bond acceptors (Lipinski definition) is 2. The fourth-order valence-corrected chi connectivity index (χ4v) is 0.529. The number of ether oxygens (including phenoxy) is 1. The zero-order chi connectivity index (χ0) is 7.11.